The molecule has 1 aromatic heterocycles. The minimum Gasteiger partial charge on any atom is -0.352 e. The lowest BCUT2D eigenvalue weighted by molar-refractivity contribution is 0.0746. The highest BCUT2D eigenvalue weighted by Crippen LogP contribution is 2.37. The van der Waals surface area contributed by atoms with Crippen molar-refractivity contribution in [2.75, 3.05) is 31.1 Å². The molecule has 0 unspecified atom stereocenters. The van der Waals surface area contributed by atoms with Gasteiger partial charge in [-0.2, -0.15) is 0 Å². The lowest BCUT2D eigenvalue weighted by atomic mass is 10.0. The number of amides is 1. The third kappa shape index (κ3) is 3.15. The van der Waals surface area contributed by atoms with E-state index in [1.807, 2.05) is 35.2 Å². The van der Waals surface area contributed by atoms with Crippen LogP contribution in [-0.4, -0.2) is 47.8 Å². The van der Waals surface area contributed by atoms with Crippen molar-refractivity contribution in [3.63, 3.8) is 0 Å². The van der Waals surface area contributed by atoms with Crippen LogP contribution in [0.15, 0.2) is 54.7 Å². The van der Waals surface area contributed by atoms with E-state index in [2.05, 4.69) is 4.98 Å². The minimum absolute atomic E-state index is 0.0245. The van der Waals surface area contributed by atoms with Crippen molar-refractivity contribution in [2.45, 2.75) is 0 Å². The van der Waals surface area contributed by atoms with Crippen molar-refractivity contribution < 1.29 is 9.59 Å². The van der Waals surface area contributed by atoms with Gasteiger partial charge in [-0.15, -0.1) is 0 Å². The summed E-state index contributed by atoms with van der Waals surface area (Å²) in [7, 11) is 0. The van der Waals surface area contributed by atoms with Crippen molar-refractivity contribution in [3.8, 4) is 11.1 Å². The average Bonchev–Trinajstić information content (AvgIpc) is 3.05. The molecule has 30 heavy (non-hydrogen) atoms. The molecule has 1 aliphatic carbocycles. The molecule has 0 N–H and O–H groups in total. The normalized spacial score (nSPS) is 15.2. The zero-order chi connectivity index (χ0) is 20.8. The van der Waals surface area contributed by atoms with Crippen LogP contribution >= 0.6 is 23.2 Å². The first-order valence-corrected chi connectivity index (χ1v) is 10.4. The smallest absolute Gasteiger partial charge is 0.253 e. The van der Waals surface area contributed by atoms with Crippen LogP contribution in [0.4, 0.5) is 5.82 Å². The molecule has 2 aromatic carbocycles. The van der Waals surface area contributed by atoms with Crippen molar-refractivity contribution in [3.05, 3.63) is 81.5 Å². The third-order valence-electron chi connectivity index (χ3n) is 5.63. The second kappa shape index (κ2) is 7.42. The fraction of sp³-hybridized carbons (Fsp3) is 0.174. The van der Waals surface area contributed by atoms with Crippen LogP contribution in [0.25, 0.3) is 11.1 Å². The molecule has 3 aromatic rings. The molecule has 5 nitrogen and oxygen atoms in total. The molecule has 0 saturated carbocycles. The second-order valence-corrected chi connectivity index (χ2v) is 8.22. The minimum atomic E-state index is -0.0728. The number of nitrogens with zero attached hydrogens (tertiary/aromatic N) is 3. The second-order valence-electron chi connectivity index (χ2n) is 7.37. The first-order valence-electron chi connectivity index (χ1n) is 9.66. The lowest BCUT2D eigenvalue weighted by Crippen LogP contribution is -2.49. The number of pyridine rings is 1. The maximum Gasteiger partial charge on any atom is 0.253 e. The molecule has 0 radical (unpaired) electrons. The third-order valence-corrected chi connectivity index (χ3v) is 6.11. The van der Waals surface area contributed by atoms with Gasteiger partial charge in [-0.3, -0.25) is 9.59 Å². The number of anilines is 1. The Morgan fingerprint density at radius 2 is 1.57 bits per heavy atom. The highest BCUT2D eigenvalue weighted by molar-refractivity contribution is 6.36. The predicted octanol–water partition coefficient (Wildman–Crippen LogP) is 4.56. The molecular weight excluding hydrogens is 421 g/mol. The van der Waals surface area contributed by atoms with E-state index in [9.17, 15) is 9.59 Å². The molecule has 1 saturated heterocycles. The van der Waals surface area contributed by atoms with Crippen LogP contribution in [0.5, 0.6) is 0 Å². The highest BCUT2D eigenvalue weighted by Gasteiger charge is 2.29. The summed E-state index contributed by atoms with van der Waals surface area (Å²) in [5.74, 6) is 0.578. The maximum atomic E-state index is 13.1. The van der Waals surface area contributed by atoms with Gasteiger partial charge in [0.25, 0.3) is 5.91 Å². The number of aromatic nitrogens is 1. The zero-order valence-electron chi connectivity index (χ0n) is 15.9. The van der Waals surface area contributed by atoms with Gasteiger partial charge >= 0.3 is 0 Å². The van der Waals surface area contributed by atoms with Crippen molar-refractivity contribution >= 4 is 40.7 Å². The molecule has 150 valence electrons. The lowest BCUT2D eigenvalue weighted by Gasteiger charge is -2.35. The van der Waals surface area contributed by atoms with E-state index < -0.39 is 0 Å². The van der Waals surface area contributed by atoms with Gasteiger partial charge in [-0.05, 0) is 29.3 Å². The maximum absolute atomic E-state index is 13.1. The number of halogens is 2. The fourth-order valence-corrected chi connectivity index (χ4v) is 4.60. The van der Waals surface area contributed by atoms with Crippen molar-refractivity contribution in [1.29, 1.82) is 0 Å². The Morgan fingerprint density at radius 3 is 2.30 bits per heavy atom. The van der Waals surface area contributed by atoms with Gasteiger partial charge < -0.3 is 9.80 Å². The molecule has 0 atom stereocenters. The number of hydrogen-bond acceptors (Lipinski definition) is 4. The van der Waals surface area contributed by atoms with E-state index in [0.29, 0.717) is 58.7 Å². The van der Waals surface area contributed by atoms with Crippen LogP contribution in [0.2, 0.25) is 10.0 Å². The monoisotopic (exact) mass is 437 g/mol. The van der Waals surface area contributed by atoms with Gasteiger partial charge in [-0.1, -0.05) is 53.5 Å². The Kier molecular flexibility index (Phi) is 4.72. The Morgan fingerprint density at radius 1 is 0.867 bits per heavy atom. The summed E-state index contributed by atoms with van der Waals surface area (Å²) in [6, 6.07) is 14.6. The van der Waals surface area contributed by atoms with Gasteiger partial charge in [0.1, 0.15) is 5.82 Å². The number of carbonyl (C=O) groups is 2. The number of carbonyl (C=O) groups excluding carboxylic acids is 2. The van der Waals surface area contributed by atoms with E-state index in [1.54, 1.807) is 29.3 Å². The molecule has 2 aliphatic rings. The molecule has 1 amide bonds. The number of rotatable bonds is 2. The molecule has 1 fully saturated rings. The number of fused-ring (bicyclic) bond motifs is 3. The summed E-state index contributed by atoms with van der Waals surface area (Å²) in [4.78, 5) is 34.0. The van der Waals surface area contributed by atoms with Crippen LogP contribution in [0, 0.1) is 0 Å². The number of ketones is 1. The fourth-order valence-electron chi connectivity index (χ4n) is 4.11. The Hall–Kier alpha value is -2.89. The van der Waals surface area contributed by atoms with Crippen LogP contribution in [0.1, 0.15) is 26.3 Å². The number of piperazine rings is 1. The molecule has 7 heteroatoms. The van der Waals surface area contributed by atoms with E-state index in [0.717, 1.165) is 11.1 Å². The van der Waals surface area contributed by atoms with Gasteiger partial charge in [0.05, 0.1) is 10.0 Å². The Labute approximate surface area is 183 Å². The summed E-state index contributed by atoms with van der Waals surface area (Å²) in [5.41, 5.74) is 3.64. The molecule has 2 heterocycles. The average molecular weight is 438 g/mol. The summed E-state index contributed by atoms with van der Waals surface area (Å²) in [6.45, 7) is 2.33. The zero-order valence-corrected chi connectivity index (χ0v) is 17.5. The summed E-state index contributed by atoms with van der Waals surface area (Å²) >= 11 is 12.2. The quantitative estimate of drug-likeness (QED) is 0.461. The van der Waals surface area contributed by atoms with Crippen LogP contribution < -0.4 is 4.90 Å². The molecule has 0 bridgehead atoms. The van der Waals surface area contributed by atoms with E-state index in [1.165, 1.54) is 0 Å². The molecule has 5 rings (SSSR count). The standard InChI is InChI=1S/C23H17Cl2N3O2/c24-15-12-20(25)22(26-13-15)27-7-9-28(10-8-27)23(30)14-5-6-17-16-3-1-2-4-18(16)21(29)19(17)11-14/h1-6,11-13H,7-10H2. The topological polar surface area (TPSA) is 53.5 Å². The summed E-state index contributed by atoms with van der Waals surface area (Å²) in [6.07, 6.45) is 1.57. The van der Waals surface area contributed by atoms with E-state index in [-0.39, 0.29) is 11.7 Å². The molecular formula is C23H17Cl2N3O2. The van der Waals surface area contributed by atoms with E-state index in [4.69, 9.17) is 23.2 Å². The van der Waals surface area contributed by atoms with Crippen LogP contribution in [0.3, 0.4) is 0 Å². The number of hydrogen-bond donors (Lipinski definition) is 0. The Bertz CT molecular complexity index is 1190. The molecule has 0 spiro atoms. The summed E-state index contributed by atoms with van der Waals surface area (Å²) in [5, 5.41) is 0.991. The highest BCUT2D eigenvalue weighted by atomic mass is 35.5. The predicted molar refractivity (Wildman–Crippen MR) is 118 cm³/mol. The molecule has 1 aliphatic heterocycles. The first kappa shape index (κ1) is 19.1. The summed E-state index contributed by atoms with van der Waals surface area (Å²) < 4.78 is 0. The van der Waals surface area contributed by atoms with Crippen molar-refractivity contribution in [1.82, 2.24) is 9.88 Å². The van der Waals surface area contributed by atoms with Gasteiger partial charge in [0.15, 0.2) is 5.78 Å². The number of benzene rings is 2. The van der Waals surface area contributed by atoms with Crippen LogP contribution in [-0.2, 0) is 0 Å². The van der Waals surface area contributed by atoms with Crippen molar-refractivity contribution in [2.24, 2.45) is 0 Å². The van der Waals surface area contributed by atoms with E-state index >= 15 is 0 Å². The van der Waals surface area contributed by atoms with Gasteiger partial charge in [0.2, 0.25) is 0 Å². The Balaban J connectivity index is 1.33. The van der Waals surface area contributed by atoms with Gasteiger partial charge in [-0.25, -0.2) is 4.98 Å². The van der Waals surface area contributed by atoms with Gasteiger partial charge in [0, 0.05) is 49.1 Å². The first-order chi connectivity index (χ1) is 14.5. The SMILES string of the molecule is O=C1c2ccccc2-c2ccc(C(=O)N3CCN(c4ncc(Cl)cc4Cl)CC3)cc21. The largest absolute Gasteiger partial charge is 0.352 e.